The summed E-state index contributed by atoms with van der Waals surface area (Å²) in [6.45, 7) is 4.91. The van der Waals surface area contributed by atoms with Gasteiger partial charge in [0.2, 0.25) is 5.91 Å². The fraction of sp³-hybridized carbons (Fsp3) is 0.417. The van der Waals surface area contributed by atoms with Crippen molar-refractivity contribution in [1.29, 1.82) is 0 Å². The monoisotopic (exact) mass is 448 g/mol. The molecule has 0 bridgehead atoms. The molecular weight excluding hydrogens is 421 g/mol. The summed E-state index contributed by atoms with van der Waals surface area (Å²) in [6, 6.07) is 10.4. The second-order valence-corrected chi connectivity index (χ2v) is 7.93. The van der Waals surface area contributed by atoms with Crippen molar-refractivity contribution in [2.24, 2.45) is 5.92 Å². The molecule has 3 rings (SSSR count). The van der Waals surface area contributed by atoms with Crippen LogP contribution >= 0.6 is 0 Å². The van der Waals surface area contributed by atoms with E-state index in [9.17, 15) is 22.8 Å². The first kappa shape index (κ1) is 23.6. The Labute approximate surface area is 185 Å². The number of nitrogens with one attached hydrogen (secondary N) is 1. The van der Waals surface area contributed by atoms with E-state index >= 15 is 0 Å². The van der Waals surface area contributed by atoms with Crippen molar-refractivity contribution < 1.29 is 27.5 Å². The zero-order valence-electron chi connectivity index (χ0n) is 18.2. The van der Waals surface area contributed by atoms with Crippen LogP contribution in [-0.4, -0.2) is 36.4 Å². The van der Waals surface area contributed by atoms with E-state index in [0.717, 1.165) is 17.7 Å². The van der Waals surface area contributed by atoms with Gasteiger partial charge in [0.25, 0.3) is 5.91 Å². The quantitative estimate of drug-likeness (QED) is 0.653. The Morgan fingerprint density at radius 3 is 2.44 bits per heavy atom. The minimum Gasteiger partial charge on any atom is -0.491 e. The number of benzene rings is 2. The highest BCUT2D eigenvalue weighted by atomic mass is 19.4. The summed E-state index contributed by atoms with van der Waals surface area (Å²) in [5.74, 6) is -0.631. The maximum atomic E-state index is 13.1. The Balaban J connectivity index is 1.66. The largest absolute Gasteiger partial charge is 0.491 e. The molecule has 0 spiro atoms. The van der Waals surface area contributed by atoms with Crippen molar-refractivity contribution in [3.63, 3.8) is 0 Å². The number of aryl methyl sites for hydroxylation is 1. The number of hydrogen-bond acceptors (Lipinski definition) is 3. The van der Waals surface area contributed by atoms with E-state index in [2.05, 4.69) is 5.32 Å². The van der Waals surface area contributed by atoms with Crippen molar-refractivity contribution in [3.05, 3.63) is 59.2 Å². The van der Waals surface area contributed by atoms with Crippen LogP contribution in [0.25, 0.3) is 0 Å². The van der Waals surface area contributed by atoms with Crippen LogP contribution in [0.2, 0.25) is 0 Å². The maximum Gasteiger partial charge on any atom is 0.416 e. The maximum absolute atomic E-state index is 13.1. The third-order valence-corrected chi connectivity index (χ3v) is 5.55. The van der Waals surface area contributed by atoms with Gasteiger partial charge < -0.3 is 15.0 Å². The molecule has 2 aromatic rings. The van der Waals surface area contributed by atoms with Gasteiger partial charge in [0, 0.05) is 24.6 Å². The van der Waals surface area contributed by atoms with Gasteiger partial charge in [0.15, 0.2) is 0 Å². The Bertz CT molecular complexity index is 967. The van der Waals surface area contributed by atoms with E-state index in [1.54, 1.807) is 11.0 Å². The van der Waals surface area contributed by atoms with Gasteiger partial charge in [0.05, 0.1) is 17.9 Å². The standard InChI is InChI=1S/C24H27F3N2O3/c1-3-14-32-21-9-8-18(24(25,26)27)15-20(21)28-22(30)17-10-12-29(13-11-17)23(31)19-7-5-4-6-16(19)2/h4-9,15,17H,3,10-14H2,1-2H3,(H,28,30). The molecule has 2 aromatic carbocycles. The molecule has 0 saturated carbocycles. The predicted molar refractivity (Wildman–Crippen MR) is 116 cm³/mol. The number of ether oxygens (including phenoxy) is 1. The number of hydrogen-bond donors (Lipinski definition) is 1. The lowest BCUT2D eigenvalue weighted by Gasteiger charge is -2.32. The number of halogens is 3. The van der Waals surface area contributed by atoms with Crippen LogP contribution in [0.3, 0.4) is 0 Å². The Morgan fingerprint density at radius 1 is 1.12 bits per heavy atom. The molecule has 1 saturated heterocycles. The number of nitrogens with zero attached hydrogens (tertiary/aromatic N) is 1. The van der Waals surface area contributed by atoms with Crippen molar-refractivity contribution >= 4 is 17.5 Å². The average Bonchev–Trinajstić information content (AvgIpc) is 2.77. The smallest absolute Gasteiger partial charge is 0.416 e. The van der Waals surface area contributed by atoms with Crippen LogP contribution in [-0.2, 0) is 11.0 Å². The van der Waals surface area contributed by atoms with Crippen LogP contribution in [0.5, 0.6) is 5.75 Å². The lowest BCUT2D eigenvalue weighted by atomic mass is 9.95. The first-order valence-electron chi connectivity index (χ1n) is 10.7. The molecule has 32 heavy (non-hydrogen) atoms. The zero-order valence-corrected chi connectivity index (χ0v) is 18.2. The van der Waals surface area contributed by atoms with E-state index in [1.807, 2.05) is 32.0 Å². The normalized spacial score (nSPS) is 14.8. The molecule has 0 aliphatic carbocycles. The van der Waals surface area contributed by atoms with Crippen LogP contribution in [0, 0.1) is 12.8 Å². The Morgan fingerprint density at radius 2 is 1.81 bits per heavy atom. The predicted octanol–water partition coefficient (Wildman–Crippen LogP) is 5.29. The lowest BCUT2D eigenvalue weighted by molar-refractivity contribution is -0.137. The minimum absolute atomic E-state index is 0.0108. The lowest BCUT2D eigenvalue weighted by Crippen LogP contribution is -2.41. The van der Waals surface area contributed by atoms with Gasteiger partial charge in [0.1, 0.15) is 5.75 Å². The molecule has 8 heteroatoms. The molecule has 5 nitrogen and oxygen atoms in total. The van der Waals surface area contributed by atoms with Gasteiger partial charge in [-0.2, -0.15) is 13.2 Å². The van der Waals surface area contributed by atoms with E-state index in [4.69, 9.17) is 4.74 Å². The van der Waals surface area contributed by atoms with Gasteiger partial charge in [-0.15, -0.1) is 0 Å². The molecule has 0 atom stereocenters. The van der Waals surface area contributed by atoms with Gasteiger partial charge in [-0.05, 0) is 56.0 Å². The van der Waals surface area contributed by atoms with Crippen molar-refractivity contribution in [3.8, 4) is 5.75 Å². The highest BCUT2D eigenvalue weighted by Crippen LogP contribution is 2.35. The summed E-state index contributed by atoms with van der Waals surface area (Å²) < 4.78 is 44.9. The second kappa shape index (κ2) is 10.1. The molecule has 0 radical (unpaired) electrons. The van der Waals surface area contributed by atoms with Crippen LogP contribution in [0.15, 0.2) is 42.5 Å². The highest BCUT2D eigenvalue weighted by Gasteiger charge is 2.32. The number of anilines is 1. The summed E-state index contributed by atoms with van der Waals surface area (Å²) in [5.41, 5.74) is 0.686. The molecule has 0 aromatic heterocycles. The topological polar surface area (TPSA) is 58.6 Å². The zero-order chi connectivity index (χ0) is 23.3. The average molecular weight is 448 g/mol. The summed E-state index contributed by atoms with van der Waals surface area (Å²) >= 11 is 0. The van der Waals surface area contributed by atoms with Gasteiger partial charge in [-0.25, -0.2) is 0 Å². The highest BCUT2D eigenvalue weighted by molar-refractivity contribution is 5.96. The van der Waals surface area contributed by atoms with Gasteiger partial charge in [-0.1, -0.05) is 25.1 Å². The third kappa shape index (κ3) is 5.60. The van der Waals surface area contributed by atoms with Crippen molar-refractivity contribution in [2.45, 2.75) is 39.3 Å². The first-order chi connectivity index (χ1) is 15.2. The number of likely N-dealkylation sites (tertiary alicyclic amines) is 1. The van der Waals surface area contributed by atoms with Crippen LogP contribution in [0.1, 0.15) is 47.7 Å². The number of carbonyl (C=O) groups is 2. The van der Waals surface area contributed by atoms with Crippen LogP contribution in [0.4, 0.5) is 18.9 Å². The summed E-state index contributed by atoms with van der Waals surface area (Å²) in [5, 5.41) is 2.62. The number of rotatable bonds is 6. The van der Waals surface area contributed by atoms with E-state index < -0.39 is 17.7 Å². The van der Waals surface area contributed by atoms with E-state index in [1.165, 1.54) is 6.07 Å². The summed E-state index contributed by atoms with van der Waals surface area (Å²) in [4.78, 5) is 27.3. The molecule has 0 unspecified atom stereocenters. The number of amides is 2. The third-order valence-electron chi connectivity index (χ3n) is 5.55. The van der Waals surface area contributed by atoms with Gasteiger partial charge in [-0.3, -0.25) is 9.59 Å². The van der Waals surface area contributed by atoms with Crippen molar-refractivity contribution in [1.82, 2.24) is 4.90 Å². The first-order valence-corrected chi connectivity index (χ1v) is 10.7. The molecule has 172 valence electrons. The van der Waals surface area contributed by atoms with Crippen molar-refractivity contribution in [2.75, 3.05) is 25.0 Å². The molecule has 1 heterocycles. The SMILES string of the molecule is CCCOc1ccc(C(F)(F)F)cc1NC(=O)C1CCN(C(=O)c2ccccc2C)CC1. The van der Waals surface area contributed by atoms with E-state index in [-0.39, 0.29) is 23.3 Å². The number of piperidine rings is 1. The Hall–Kier alpha value is -3.03. The summed E-state index contributed by atoms with van der Waals surface area (Å²) in [6.07, 6.45) is -2.97. The second-order valence-electron chi connectivity index (χ2n) is 7.93. The van der Waals surface area contributed by atoms with E-state index in [0.29, 0.717) is 44.5 Å². The molecule has 1 aliphatic rings. The Kier molecular flexibility index (Phi) is 7.43. The molecule has 2 amide bonds. The number of alkyl halides is 3. The number of carbonyl (C=O) groups excluding carboxylic acids is 2. The molecule has 1 aliphatic heterocycles. The van der Waals surface area contributed by atoms with Crippen LogP contribution < -0.4 is 10.1 Å². The molecule has 1 N–H and O–H groups in total. The summed E-state index contributed by atoms with van der Waals surface area (Å²) in [7, 11) is 0. The van der Waals surface area contributed by atoms with Gasteiger partial charge >= 0.3 is 6.18 Å². The fourth-order valence-corrected chi connectivity index (χ4v) is 3.70. The molecule has 1 fully saturated rings. The minimum atomic E-state index is -4.52. The molecular formula is C24H27F3N2O3. The fourth-order valence-electron chi connectivity index (χ4n) is 3.70.